The van der Waals surface area contributed by atoms with Crippen LogP contribution in [0.3, 0.4) is 0 Å². The van der Waals surface area contributed by atoms with Crippen LogP contribution in [-0.2, 0) is 28.8 Å². The molecular weight excluding hydrogens is 246 g/mol. The summed E-state index contributed by atoms with van der Waals surface area (Å²) in [5, 5.41) is 10.5. The summed E-state index contributed by atoms with van der Waals surface area (Å²) in [4.78, 5) is 0. The summed E-state index contributed by atoms with van der Waals surface area (Å²) in [5.41, 5.74) is 3.18. The van der Waals surface area contributed by atoms with E-state index in [4.69, 9.17) is 0 Å². The van der Waals surface area contributed by atoms with Crippen molar-refractivity contribution < 1.29 is 22.4 Å². The normalized spacial score (nSPS) is 9.75. The maximum Gasteiger partial charge on any atom is 1.00 e. The number of hydrogen-bond acceptors (Lipinski definition) is 2. The third kappa shape index (κ3) is 1.58. The summed E-state index contributed by atoms with van der Waals surface area (Å²) in [6.45, 7) is 2.13. The van der Waals surface area contributed by atoms with Gasteiger partial charge in [0.15, 0.2) is 0 Å². The fourth-order valence-corrected chi connectivity index (χ4v) is 1.11. The van der Waals surface area contributed by atoms with Gasteiger partial charge < -0.3 is 0 Å². The molecule has 0 aliphatic heterocycles. The number of aromatic amines is 1. The Morgan fingerprint density at radius 1 is 1.25 bits per heavy atom. The van der Waals surface area contributed by atoms with Crippen molar-refractivity contribution in [3.05, 3.63) is 23.8 Å². The van der Waals surface area contributed by atoms with Crippen molar-refractivity contribution in [1.29, 1.82) is 0 Å². The van der Waals surface area contributed by atoms with E-state index in [0.717, 1.165) is 17.5 Å². The Bertz CT molecular complexity index is 369. The van der Waals surface area contributed by atoms with Crippen LogP contribution in [0.4, 0.5) is 0 Å². The molecule has 0 saturated heterocycles. The molecule has 2 aromatic rings. The zero-order valence-electron chi connectivity index (χ0n) is 6.64. The molecule has 0 aliphatic rings. The first-order valence-electron chi connectivity index (χ1n) is 3.69. The van der Waals surface area contributed by atoms with Crippen molar-refractivity contribution in [1.82, 2.24) is 15.4 Å². The van der Waals surface area contributed by atoms with Crippen molar-refractivity contribution in [2.45, 2.75) is 13.3 Å². The van der Waals surface area contributed by atoms with Crippen LogP contribution in [0, 0.1) is 0 Å². The van der Waals surface area contributed by atoms with Crippen LogP contribution >= 0.6 is 0 Å². The van der Waals surface area contributed by atoms with Gasteiger partial charge in [0, 0.05) is 0 Å². The third-order valence-electron chi connectivity index (χ3n) is 1.79. The van der Waals surface area contributed by atoms with E-state index in [1.165, 1.54) is 5.56 Å². The third-order valence-corrected chi connectivity index (χ3v) is 1.79. The van der Waals surface area contributed by atoms with Gasteiger partial charge in [-0.1, -0.05) is 13.0 Å². The predicted octanol–water partition coefficient (Wildman–Crippen LogP) is 1.52. The van der Waals surface area contributed by atoms with Gasteiger partial charge in [0.25, 0.3) is 0 Å². The summed E-state index contributed by atoms with van der Waals surface area (Å²) >= 11 is 0. The quantitative estimate of drug-likeness (QED) is 0.785. The Hall–Kier alpha value is -0.640. The Morgan fingerprint density at radius 3 is 2.75 bits per heavy atom. The molecular formula is C8H9AgN3+. The molecule has 4 heteroatoms. The first kappa shape index (κ1) is 9.45. The molecule has 0 saturated carbocycles. The number of nitrogens with one attached hydrogen (secondary N) is 1. The number of H-pyrrole nitrogens is 1. The Labute approximate surface area is 86.1 Å². The topological polar surface area (TPSA) is 41.6 Å². The Balaban J connectivity index is 0.000000720. The molecule has 66 valence electrons. The molecule has 0 spiro atoms. The fraction of sp³-hybridized carbons (Fsp3) is 0.250. The molecule has 0 radical (unpaired) electrons. The molecule has 0 aliphatic carbocycles. The molecule has 0 atom stereocenters. The van der Waals surface area contributed by atoms with Crippen molar-refractivity contribution >= 4 is 11.0 Å². The van der Waals surface area contributed by atoms with E-state index in [2.05, 4.69) is 34.5 Å². The number of hydrogen-bond donors (Lipinski definition) is 1. The molecule has 1 heterocycles. The smallest absolute Gasteiger partial charge is 0.197 e. The largest absolute Gasteiger partial charge is 1.00 e. The standard InChI is InChI=1S/C8H9N3.Ag/c1-2-6-3-4-7-8(5-6)10-11-9-7;/h3-5H,2H2,1H3,(H,9,10,11);/q;+1. The van der Waals surface area contributed by atoms with Crippen molar-refractivity contribution in [2.75, 3.05) is 0 Å². The van der Waals surface area contributed by atoms with E-state index >= 15 is 0 Å². The van der Waals surface area contributed by atoms with Crippen LogP contribution < -0.4 is 0 Å². The summed E-state index contributed by atoms with van der Waals surface area (Å²) < 4.78 is 0. The minimum atomic E-state index is 0. The Morgan fingerprint density at radius 2 is 2.00 bits per heavy atom. The first-order valence-corrected chi connectivity index (χ1v) is 3.69. The number of rotatable bonds is 1. The van der Waals surface area contributed by atoms with E-state index < -0.39 is 0 Å². The van der Waals surface area contributed by atoms with Gasteiger partial charge in [-0.3, -0.25) is 0 Å². The van der Waals surface area contributed by atoms with Gasteiger partial charge in [-0.25, -0.2) is 0 Å². The summed E-state index contributed by atoms with van der Waals surface area (Å²) in [6.07, 6.45) is 1.04. The van der Waals surface area contributed by atoms with E-state index in [1.807, 2.05) is 6.07 Å². The van der Waals surface area contributed by atoms with Crippen LogP contribution in [0.2, 0.25) is 0 Å². The zero-order chi connectivity index (χ0) is 7.68. The fourth-order valence-electron chi connectivity index (χ4n) is 1.11. The second-order valence-corrected chi connectivity index (χ2v) is 2.50. The monoisotopic (exact) mass is 254 g/mol. The molecule has 1 N–H and O–H groups in total. The van der Waals surface area contributed by atoms with E-state index in [1.54, 1.807) is 0 Å². The first-order chi connectivity index (χ1) is 5.40. The molecule has 1 aromatic heterocycles. The second-order valence-electron chi connectivity index (χ2n) is 2.50. The number of aryl methyl sites for hydroxylation is 1. The summed E-state index contributed by atoms with van der Waals surface area (Å²) in [5.74, 6) is 0. The van der Waals surface area contributed by atoms with Crippen LogP contribution in [0.1, 0.15) is 12.5 Å². The minimum Gasteiger partial charge on any atom is -0.197 e. The summed E-state index contributed by atoms with van der Waals surface area (Å²) in [6, 6.07) is 6.11. The van der Waals surface area contributed by atoms with E-state index in [0.29, 0.717) is 0 Å². The van der Waals surface area contributed by atoms with Crippen LogP contribution in [0.5, 0.6) is 0 Å². The van der Waals surface area contributed by atoms with Gasteiger partial charge in [-0.2, -0.15) is 15.4 Å². The van der Waals surface area contributed by atoms with E-state index in [9.17, 15) is 0 Å². The SMILES string of the molecule is CCc1ccc2n[nH]nc2c1.[Ag+]. The molecule has 0 fully saturated rings. The maximum atomic E-state index is 3.99. The van der Waals surface area contributed by atoms with Crippen molar-refractivity contribution in [2.24, 2.45) is 0 Å². The molecule has 2 rings (SSSR count). The second kappa shape index (κ2) is 3.85. The van der Waals surface area contributed by atoms with Crippen LogP contribution in [0.15, 0.2) is 18.2 Å². The number of benzene rings is 1. The molecule has 12 heavy (non-hydrogen) atoms. The van der Waals surface area contributed by atoms with Gasteiger partial charge in [0.1, 0.15) is 11.0 Å². The summed E-state index contributed by atoms with van der Waals surface area (Å²) in [7, 11) is 0. The predicted molar refractivity (Wildman–Crippen MR) is 43.3 cm³/mol. The zero-order valence-corrected chi connectivity index (χ0v) is 8.12. The Kier molecular flexibility index (Phi) is 3.03. The average molecular weight is 255 g/mol. The van der Waals surface area contributed by atoms with Crippen molar-refractivity contribution in [3.8, 4) is 0 Å². The van der Waals surface area contributed by atoms with Crippen LogP contribution in [0.25, 0.3) is 11.0 Å². The molecule has 0 amide bonds. The average Bonchev–Trinajstić information content (AvgIpc) is 2.50. The number of fused-ring (bicyclic) bond motifs is 1. The molecule has 0 bridgehead atoms. The van der Waals surface area contributed by atoms with Crippen LogP contribution in [-0.4, -0.2) is 15.4 Å². The minimum absolute atomic E-state index is 0. The van der Waals surface area contributed by atoms with Gasteiger partial charge >= 0.3 is 22.4 Å². The number of nitrogens with zero attached hydrogens (tertiary/aromatic N) is 2. The molecule has 1 aromatic carbocycles. The van der Waals surface area contributed by atoms with E-state index in [-0.39, 0.29) is 22.4 Å². The maximum absolute atomic E-state index is 3.99. The van der Waals surface area contributed by atoms with Gasteiger partial charge in [0.05, 0.1) is 0 Å². The molecule has 0 unspecified atom stereocenters. The molecule has 3 nitrogen and oxygen atoms in total. The van der Waals surface area contributed by atoms with Gasteiger partial charge in [-0.05, 0) is 24.1 Å². The van der Waals surface area contributed by atoms with Crippen molar-refractivity contribution in [3.63, 3.8) is 0 Å². The van der Waals surface area contributed by atoms with Gasteiger partial charge in [-0.15, -0.1) is 0 Å². The number of aromatic nitrogens is 3. The van der Waals surface area contributed by atoms with Gasteiger partial charge in [0.2, 0.25) is 0 Å².